The second-order valence-electron chi connectivity index (χ2n) is 9.37. The minimum atomic E-state index is -0.448. The Kier molecular flexibility index (Phi) is 5.74. The van der Waals surface area contributed by atoms with E-state index >= 15 is 0 Å². The summed E-state index contributed by atoms with van der Waals surface area (Å²) in [6, 6.07) is 8.19. The standard InChI is InChI=1S/C25H30N6O2S/c1-2-33-25(32)28-18-4-5-19-20(10-18)29-21(23-13-27-24(34-23)30-8-3-9-30)11-22(19)31-14-16-6-7-26-12-17(16)15-31/h4-5,10-11,13,16-17,26H,2-3,6-9,12,14-15H2,1H3,(H,28,32)/t16-,17+/m0/s1. The second kappa shape index (κ2) is 9.03. The number of thiazole rings is 1. The SMILES string of the molecule is CCOC(=O)Nc1ccc2c(N3C[C@H]4CNCC[C@H]4C3)cc(-c3cnc(N4CCC4)s3)nc2c1. The van der Waals surface area contributed by atoms with E-state index < -0.39 is 6.09 Å². The van der Waals surface area contributed by atoms with Crippen LogP contribution in [-0.2, 0) is 4.74 Å². The number of carbonyl (C=O) groups excluding carboxylic acids is 1. The largest absolute Gasteiger partial charge is 0.450 e. The van der Waals surface area contributed by atoms with Gasteiger partial charge in [0.2, 0.25) is 0 Å². The molecule has 1 aromatic carbocycles. The Morgan fingerprint density at radius 2 is 2.12 bits per heavy atom. The summed E-state index contributed by atoms with van der Waals surface area (Å²) < 4.78 is 5.06. The molecule has 3 saturated heterocycles. The predicted octanol–water partition coefficient (Wildman–Crippen LogP) is 4.18. The number of nitrogens with zero attached hydrogens (tertiary/aromatic N) is 4. The third kappa shape index (κ3) is 4.07. The molecule has 2 aromatic heterocycles. The van der Waals surface area contributed by atoms with Gasteiger partial charge in [-0.3, -0.25) is 5.32 Å². The second-order valence-corrected chi connectivity index (χ2v) is 10.4. The van der Waals surface area contributed by atoms with Gasteiger partial charge >= 0.3 is 6.09 Å². The number of aromatic nitrogens is 2. The van der Waals surface area contributed by atoms with Crippen molar-refractivity contribution in [1.29, 1.82) is 0 Å². The fourth-order valence-electron chi connectivity index (χ4n) is 5.27. The van der Waals surface area contributed by atoms with E-state index in [1.807, 2.05) is 18.3 Å². The van der Waals surface area contributed by atoms with E-state index in [2.05, 4.69) is 37.6 Å². The summed E-state index contributed by atoms with van der Waals surface area (Å²) in [5.41, 5.74) is 3.71. The Morgan fingerprint density at radius 1 is 1.24 bits per heavy atom. The third-order valence-electron chi connectivity index (χ3n) is 7.20. The number of hydrogen-bond donors (Lipinski definition) is 2. The van der Waals surface area contributed by atoms with Gasteiger partial charge < -0.3 is 19.9 Å². The lowest BCUT2D eigenvalue weighted by atomic mass is 9.90. The van der Waals surface area contributed by atoms with E-state index in [1.165, 1.54) is 18.5 Å². The molecule has 0 unspecified atom stereocenters. The molecule has 0 radical (unpaired) electrons. The van der Waals surface area contributed by atoms with Gasteiger partial charge in [0.1, 0.15) is 0 Å². The Bertz CT molecular complexity index is 1200. The highest BCUT2D eigenvalue weighted by Crippen LogP contribution is 2.40. The summed E-state index contributed by atoms with van der Waals surface area (Å²) in [6.45, 7) is 8.64. The summed E-state index contributed by atoms with van der Waals surface area (Å²) >= 11 is 1.71. The number of anilines is 3. The molecule has 0 bridgehead atoms. The molecule has 0 saturated carbocycles. The van der Waals surface area contributed by atoms with E-state index in [4.69, 9.17) is 9.72 Å². The number of hydrogen-bond acceptors (Lipinski definition) is 8. The van der Waals surface area contributed by atoms with Crippen molar-refractivity contribution in [2.75, 3.05) is 61.0 Å². The smallest absolute Gasteiger partial charge is 0.411 e. The quantitative estimate of drug-likeness (QED) is 0.569. The third-order valence-corrected chi connectivity index (χ3v) is 8.28. The lowest BCUT2D eigenvalue weighted by molar-refractivity contribution is 0.168. The van der Waals surface area contributed by atoms with Crippen molar-refractivity contribution < 1.29 is 9.53 Å². The summed E-state index contributed by atoms with van der Waals surface area (Å²) in [6.07, 6.45) is 3.97. The maximum Gasteiger partial charge on any atom is 0.411 e. The number of carbonyl (C=O) groups is 1. The molecule has 2 N–H and O–H groups in total. The minimum absolute atomic E-state index is 0.336. The van der Waals surface area contributed by atoms with Gasteiger partial charge in [-0.15, -0.1) is 0 Å². The van der Waals surface area contributed by atoms with E-state index in [9.17, 15) is 4.79 Å². The van der Waals surface area contributed by atoms with Gasteiger partial charge in [-0.05, 0) is 69.0 Å². The van der Waals surface area contributed by atoms with Crippen LogP contribution in [0.2, 0.25) is 0 Å². The zero-order chi connectivity index (χ0) is 23.1. The van der Waals surface area contributed by atoms with Crippen LogP contribution in [0.1, 0.15) is 19.8 Å². The Morgan fingerprint density at radius 3 is 2.91 bits per heavy atom. The van der Waals surface area contributed by atoms with Crippen molar-refractivity contribution in [2.45, 2.75) is 19.8 Å². The average molecular weight is 479 g/mol. The number of benzene rings is 1. The Labute approximate surface area is 203 Å². The molecule has 5 heterocycles. The molecule has 0 aliphatic carbocycles. The van der Waals surface area contributed by atoms with Crippen LogP contribution in [0.25, 0.3) is 21.5 Å². The van der Waals surface area contributed by atoms with Crippen molar-refractivity contribution in [3.05, 3.63) is 30.5 Å². The van der Waals surface area contributed by atoms with E-state index in [0.717, 1.165) is 71.8 Å². The highest BCUT2D eigenvalue weighted by molar-refractivity contribution is 7.18. The van der Waals surface area contributed by atoms with E-state index in [0.29, 0.717) is 18.2 Å². The molecular weight excluding hydrogens is 448 g/mol. The first-order valence-electron chi connectivity index (χ1n) is 12.2. The fourth-order valence-corrected chi connectivity index (χ4v) is 6.19. The van der Waals surface area contributed by atoms with E-state index in [1.54, 1.807) is 18.3 Å². The molecule has 34 heavy (non-hydrogen) atoms. The van der Waals surface area contributed by atoms with Gasteiger partial charge in [-0.2, -0.15) is 0 Å². The lowest BCUT2D eigenvalue weighted by Crippen LogP contribution is -2.36. The van der Waals surface area contributed by atoms with Crippen LogP contribution < -0.4 is 20.4 Å². The zero-order valence-electron chi connectivity index (χ0n) is 19.4. The number of pyridine rings is 1. The molecule has 178 valence electrons. The zero-order valence-corrected chi connectivity index (χ0v) is 20.2. The van der Waals surface area contributed by atoms with E-state index in [-0.39, 0.29) is 0 Å². The van der Waals surface area contributed by atoms with Crippen molar-refractivity contribution in [2.24, 2.45) is 11.8 Å². The van der Waals surface area contributed by atoms with Crippen LogP contribution in [0.3, 0.4) is 0 Å². The molecule has 3 aliphatic heterocycles. The maximum atomic E-state index is 12.0. The molecule has 2 atom stereocenters. The maximum absolute atomic E-state index is 12.0. The molecule has 3 aliphatic rings. The number of amides is 1. The molecule has 1 amide bonds. The van der Waals surface area contributed by atoms with Crippen LogP contribution in [0.15, 0.2) is 30.5 Å². The number of rotatable bonds is 5. The van der Waals surface area contributed by atoms with Crippen molar-refractivity contribution in [1.82, 2.24) is 15.3 Å². The highest BCUT2D eigenvalue weighted by Gasteiger charge is 2.35. The van der Waals surface area contributed by atoms with Crippen LogP contribution in [0.5, 0.6) is 0 Å². The van der Waals surface area contributed by atoms with Crippen molar-refractivity contribution >= 4 is 44.8 Å². The minimum Gasteiger partial charge on any atom is -0.450 e. The Balaban J connectivity index is 1.39. The monoisotopic (exact) mass is 478 g/mol. The topological polar surface area (TPSA) is 82.6 Å². The van der Waals surface area contributed by atoms with Crippen molar-refractivity contribution in [3.8, 4) is 10.6 Å². The molecule has 8 nitrogen and oxygen atoms in total. The van der Waals surface area contributed by atoms with Crippen LogP contribution in [-0.4, -0.2) is 61.9 Å². The molecule has 6 rings (SSSR count). The highest BCUT2D eigenvalue weighted by atomic mass is 32.1. The summed E-state index contributed by atoms with van der Waals surface area (Å²) in [7, 11) is 0. The van der Waals surface area contributed by atoms with Gasteiger partial charge in [0.15, 0.2) is 5.13 Å². The number of fused-ring (bicyclic) bond motifs is 2. The van der Waals surface area contributed by atoms with Crippen molar-refractivity contribution in [3.63, 3.8) is 0 Å². The average Bonchev–Trinajstić information content (AvgIpc) is 3.44. The van der Waals surface area contributed by atoms with Crippen LogP contribution >= 0.6 is 11.3 Å². The molecule has 9 heteroatoms. The fraction of sp³-hybridized carbons (Fsp3) is 0.480. The number of piperidine rings is 1. The van der Waals surface area contributed by atoms with Crippen LogP contribution in [0, 0.1) is 11.8 Å². The lowest BCUT2D eigenvalue weighted by Gasteiger charge is -2.30. The van der Waals surface area contributed by atoms with Gasteiger partial charge in [0, 0.05) is 49.1 Å². The molecular formula is C25H30N6O2S. The van der Waals surface area contributed by atoms with Gasteiger partial charge in [0.25, 0.3) is 0 Å². The first kappa shape index (κ1) is 21.6. The Hall–Kier alpha value is -2.91. The normalized spacial score (nSPS) is 21.9. The summed E-state index contributed by atoms with van der Waals surface area (Å²) in [5.74, 6) is 1.42. The first-order valence-corrected chi connectivity index (χ1v) is 13.0. The molecule has 3 fully saturated rings. The molecule has 0 spiro atoms. The van der Waals surface area contributed by atoms with Gasteiger partial charge in [-0.25, -0.2) is 14.8 Å². The van der Waals surface area contributed by atoms with Gasteiger partial charge in [-0.1, -0.05) is 11.3 Å². The van der Waals surface area contributed by atoms with Crippen LogP contribution in [0.4, 0.5) is 21.3 Å². The summed E-state index contributed by atoms with van der Waals surface area (Å²) in [4.78, 5) is 27.6. The number of ether oxygens (including phenoxy) is 1. The predicted molar refractivity (Wildman–Crippen MR) is 137 cm³/mol. The summed E-state index contributed by atoms with van der Waals surface area (Å²) in [5, 5.41) is 8.56. The molecule has 3 aromatic rings. The first-order chi connectivity index (χ1) is 16.7. The number of nitrogens with one attached hydrogen (secondary N) is 2. The van der Waals surface area contributed by atoms with Gasteiger partial charge in [0.05, 0.1) is 22.7 Å².